The van der Waals surface area contributed by atoms with Crippen LogP contribution in [-0.4, -0.2) is 22.0 Å². The molecule has 0 radical (unpaired) electrons. The normalized spacial score (nSPS) is 10.3. The monoisotopic (exact) mass is 411 g/mol. The zero-order chi connectivity index (χ0) is 20.3. The van der Waals surface area contributed by atoms with E-state index in [2.05, 4.69) is 15.1 Å². The lowest BCUT2D eigenvalue weighted by Gasteiger charge is -2.05. The number of carbonyl (C=O) groups is 2. The number of pyridine rings is 1. The van der Waals surface area contributed by atoms with Crippen LogP contribution in [0.5, 0.6) is 0 Å². The van der Waals surface area contributed by atoms with Gasteiger partial charge in [-0.05, 0) is 47.4 Å². The second kappa shape index (κ2) is 8.21. The van der Waals surface area contributed by atoms with Crippen LogP contribution in [0.2, 0.25) is 5.02 Å². The lowest BCUT2D eigenvalue weighted by molar-refractivity contribution is -0.114. The van der Waals surface area contributed by atoms with Crippen LogP contribution < -0.4 is 5.32 Å². The number of aromatic nitrogens is 1. The number of hydrogen-bond donors (Lipinski definition) is 2. The number of halogens is 1. The van der Waals surface area contributed by atoms with Gasteiger partial charge in [0.2, 0.25) is 11.6 Å². The molecule has 2 N–H and O–H groups in total. The van der Waals surface area contributed by atoms with Crippen molar-refractivity contribution in [1.29, 1.82) is 0 Å². The molecule has 0 saturated heterocycles. The number of nitrogens with one attached hydrogen (secondary N) is 1. The van der Waals surface area contributed by atoms with E-state index in [4.69, 9.17) is 18.2 Å². The summed E-state index contributed by atoms with van der Waals surface area (Å²) in [4.78, 5) is 31.4. The number of benzene rings is 1. The molecule has 140 valence electrons. The zero-order valence-corrected chi connectivity index (χ0v) is 16.3. The van der Waals surface area contributed by atoms with E-state index >= 15 is 0 Å². The van der Waals surface area contributed by atoms with E-state index in [0.717, 1.165) is 16.9 Å². The molecule has 6 nitrogen and oxygen atoms in total. The first-order chi connectivity index (χ1) is 13.4. The van der Waals surface area contributed by atoms with Crippen LogP contribution in [0.1, 0.15) is 27.7 Å². The van der Waals surface area contributed by atoms with Gasteiger partial charge in [0.1, 0.15) is 10.7 Å². The molecule has 0 spiro atoms. The summed E-state index contributed by atoms with van der Waals surface area (Å²) >= 11 is 6.96. The Bertz CT molecular complexity index is 1100. The maximum Gasteiger partial charge on any atom is 0.344 e. The molecule has 0 aliphatic heterocycles. The number of anilines is 1. The van der Waals surface area contributed by atoms with Gasteiger partial charge in [-0.1, -0.05) is 23.7 Å². The zero-order valence-electron chi connectivity index (χ0n) is 14.7. The van der Waals surface area contributed by atoms with Crippen molar-refractivity contribution in [2.75, 3.05) is 5.32 Å². The van der Waals surface area contributed by atoms with E-state index in [-0.39, 0.29) is 16.5 Å². The number of amides is 1. The van der Waals surface area contributed by atoms with Crippen LogP contribution in [-0.2, 0) is 11.2 Å². The summed E-state index contributed by atoms with van der Waals surface area (Å²) < 4.78 is 0. The Labute approximate surface area is 170 Å². The maximum absolute atomic E-state index is 11.8. The van der Waals surface area contributed by atoms with Gasteiger partial charge in [-0.25, -0.2) is 14.6 Å². The van der Waals surface area contributed by atoms with Crippen LogP contribution in [0.4, 0.5) is 11.5 Å². The van der Waals surface area contributed by atoms with E-state index in [1.807, 2.05) is 0 Å². The Balaban J connectivity index is 2.11. The van der Waals surface area contributed by atoms with Crippen molar-refractivity contribution in [2.24, 2.45) is 0 Å². The molecule has 2 heterocycles. The minimum absolute atomic E-state index is 0.119. The number of aromatic carboxylic acids is 1. The highest BCUT2D eigenvalue weighted by Gasteiger charge is 2.24. The Kier molecular flexibility index (Phi) is 5.73. The Hall–Kier alpha value is -3.21. The Morgan fingerprint density at radius 3 is 2.61 bits per heavy atom. The predicted octanol–water partition coefficient (Wildman–Crippen LogP) is 5.26. The first kappa shape index (κ1) is 19.5. The SMILES string of the molecule is [C-]#[N+]c1c(-c2ccnc(NC(C)=O)c2)sc(C(=O)O)c1Cc1ccc(Cl)cc1. The molecule has 0 aliphatic rings. The molecule has 3 rings (SSSR count). The smallest absolute Gasteiger partial charge is 0.344 e. The standard InChI is InChI=1S/C20H14ClN3O3S/c1-11(25)24-16-10-13(7-8-23-16)18-17(22-2)15(19(28-18)20(26)27)9-12-3-5-14(21)6-4-12/h3-8,10H,9H2,1H3,(H,26,27)(H,23,24,25). The summed E-state index contributed by atoms with van der Waals surface area (Å²) in [5, 5.41) is 12.8. The van der Waals surface area contributed by atoms with Crippen LogP contribution in [0.25, 0.3) is 15.3 Å². The number of carboxylic acid groups (broad SMARTS) is 1. The van der Waals surface area contributed by atoms with Crippen molar-refractivity contribution in [2.45, 2.75) is 13.3 Å². The number of carboxylic acids is 1. The first-order valence-corrected chi connectivity index (χ1v) is 9.33. The van der Waals surface area contributed by atoms with Gasteiger partial charge in [0.25, 0.3) is 0 Å². The van der Waals surface area contributed by atoms with Gasteiger partial charge in [-0.2, -0.15) is 0 Å². The Morgan fingerprint density at radius 2 is 2.00 bits per heavy atom. The summed E-state index contributed by atoms with van der Waals surface area (Å²) in [5.41, 5.74) is 2.23. The fourth-order valence-corrected chi connectivity index (χ4v) is 3.95. The molecule has 28 heavy (non-hydrogen) atoms. The maximum atomic E-state index is 11.8. The topological polar surface area (TPSA) is 83.7 Å². The van der Waals surface area contributed by atoms with Crippen molar-refractivity contribution in [3.8, 4) is 10.4 Å². The van der Waals surface area contributed by atoms with E-state index in [0.29, 0.717) is 33.3 Å². The molecule has 0 fully saturated rings. The van der Waals surface area contributed by atoms with Gasteiger partial charge < -0.3 is 10.4 Å². The molecule has 1 amide bonds. The van der Waals surface area contributed by atoms with Crippen molar-refractivity contribution < 1.29 is 14.7 Å². The van der Waals surface area contributed by atoms with E-state index in [9.17, 15) is 14.7 Å². The summed E-state index contributed by atoms with van der Waals surface area (Å²) in [6, 6.07) is 10.4. The van der Waals surface area contributed by atoms with Gasteiger partial charge >= 0.3 is 5.97 Å². The van der Waals surface area contributed by atoms with Gasteiger partial charge in [0.15, 0.2) is 0 Å². The van der Waals surface area contributed by atoms with E-state index in [1.165, 1.54) is 13.1 Å². The molecule has 2 aromatic heterocycles. The lowest BCUT2D eigenvalue weighted by atomic mass is 10.0. The number of nitrogens with zero attached hydrogens (tertiary/aromatic N) is 2. The largest absolute Gasteiger partial charge is 0.477 e. The highest BCUT2D eigenvalue weighted by Crippen LogP contribution is 2.44. The highest BCUT2D eigenvalue weighted by molar-refractivity contribution is 7.18. The van der Waals surface area contributed by atoms with Crippen LogP contribution in [0, 0.1) is 6.57 Å². The van der Waals surface area contributed by atoms with Gasteiger partial charge in [0.05, 0.1) is 6.57 Å². The van der Waals surface area contributed by atoms with Crippen LogP contribution in [0.15, 0.2) is 42.6 Å². The molecule has 0 saturated carbocycles. The fourth-order valence-electron chi connectivity index (χ4n) is 2.73. The van der Waals surface area contributed by atoms with Crippen molar-refractivity contribution in [3.63, 3.8) is 0 Å². The quantitative estimate of drug-likeness (QED) is 0.561. The van der Waals surface area contributed by atoms with Crippen LogP contribution in [0.3, 0.4) is 0 Å². The number of rotatable bonds is 5. The lowest BCUT2D eigenvalue weighted by Crippen LogP contribution is -2.07. The minimum atomic E-state index is -1.08. The second-order valence-corrected chi connectivity index (χ2v) is 7.38. The molecule has 1 aromatic carbocycles. The minimum Gasteiger partial charge on any atom is -0.477 e. The number of hydrogen-bond acceptors (Lipinski definition) is 4. The van der Waals surface area contributed by atoms with Gasteiger partial charge in [-0.15, -0.1) is 11.3 Å². The molecule has 0 atom stereocenters. The van der Waals surface area contributed by atoms with Crippen molar-refractivity contribution in [3.05, 3.63) is 75.0 Å². The molecule has 8 heteroatoms. The molecular weight excluding hydrogens is 398 g/mol. The number of carbonyl (C=O) groups excluding carboxylic acids is 1. The predicted molar refractivity (Wildman–Crippen MR) is 109 cm³/mol. The van der Waals surface area contributed by atoms with E-state index in [1.54, 1.807) is 36.4 Å². The average Bonchev–Trinajstić information content (AvgIpc) is 3.02. The molecule has 3 aromatic rings. The van der Waals surface area contributed by atoms with Gasteiger partial charge in [0, 0.05) is 23.0 Å². The van der Waals surface area contributed by atoms with Crippen molar-refractivity contribution >= 4 is 46.3 Å². The highest BCUT2D eigenvalue weighted by atomic mass is 35.5. The summed E-state index contributed by atoms with van der Waals surface area (Å²) in [6.07, 6.45) is 1.81. The summed E-state index contributed by atoms with van der Waals surface area (Å²) in [5.74, 6) is -1.01. The molecule has 0 unspecified atom stereocenters. The first-order valence-electron chi connectivity index (χ1n) is 8.14. The van der Waals surface area contributed by atoms with Crippen LogP contribution >= 0.6 is 22.9 Å². The van der Waals surface area contributed by atoms with Crippen molar-refractivity contribution in [1.82, 2.24) is 4.98 Å². The number of thiophene rings is 1. The Morgan fingerprint density at radius 1 is 1.29 bits per heavy atom. The van der Waals surface area contributed by atoms with Gasteiger partial charge in [-0.3, -0.25) is 4.79 Å². The molecule has 0 aliphatic carbocycles. The average molecular weight is 412 g/mol. The second-order valence-electron chi connectivity index (χ2n) is 5.92. The third-order valence-corrected chi connectivity index (χ3v) is 5.42. The summed E-state index contributed by atoms with van der Waals surface area (Å²) in [7, 11) is 0. The molecule has 0 bridgehead atoms. The third kappa shape index (κ3) is 4.19. The van der Waals surface area contributed by atoms with E-state index < -0.39 is 5.97 Å². The third-order valence-electron chi connectivity index (χ3n) is 3.91. The fraction of sp³-hybridized carbons (Fsp3) is 0.100. The summed E-state index contributed by atoms with van der Waals surface area (Å²) in [6.45, 7) is 9.00. The molecular formula is C20H14ClN3O3S.